The predicted molar refractivity (Wildman–Crippen MR) is 75.9 cm³/mol. The molecule has 0 aliphatic heterocycles. The molecule has 0 amide bonds. The van der Waals surface area contributed by atoms with Crippen molar-refractivity contribution in [2.75, 3.05) is 7.11 Å². The number of rotatable bonds is 5. The van der Waals surface area contributed by atoms with Crippen LogP contribution in [0.15, 0.2) is 41.1 Å². The number of hydrogen-bond donors (Lipinski definition) is 0. The molecule has 6 nitrogen and oxygen atoms in total. The lowest BCUT2D eigenvalue weighted by Crippen LogP contribution is -1.99. The summed E-state index contributed by atoms with van der Waals surface area (Å²) >= 11 is 3.29. The Morgan fingerprint density at radius 3 is 2.80 bits per heavy atom. The number of ether oxygens (including phenoxy) is 2. The van der Waals surface area contributed by atoms with Crippen LogP contribution in [0.1, 0.15) is 5.56 Å². The minimum absolute atomic E-state index is 0.0824. The first-order chi connectivity index (χ1) is 9.60. The molecule has 7 heteroatoms. The largest absolute Gasteiger partial charge is 0.490 e. The standard InChI is InChI=1S/C13H11BrN2O4/c1-19-13-3-2-9(4-12(13)16(17)18)8-20-11-5-10(14)6-15-7-11/h2-7H,8H2,1H3. The first kappa shape index (κ1) is 14.3. The normalized spacial score (nSPS) is 10.1. The van der Waals surface area contributed by atoms with Gasteiger partial charge in [0, 0.05) is 16.7 Å². The van der Waals surface area contributed by atoms with Gasteiger partial charge in [-0.2, -0.15) is 0 Å². The fourth-order valence-electron chi connectivity index (χ4n) is 1.61. The maximum absolute atomic E-state index is 10.9. The summed E-state index contributed by atoms with van der Waals surface area (Å²) in [5.74, 6) is 0.806. The highest BCUT2D eigenvalue weighted by Gasteiger charge is 2.15. The minimum Gasteiger partial charge on any atom is -0.490 e. The molecular weight excluding hydrogens is 328 g/mol. The van der Waals surface area contributed by atoms with Gasteiger partial charge in [-0.1, -0.05) is 6.07 Å². The van der Waals surface area contributed by atoms with Crippen LogP contribution in [0.4, 0.5) is 5.69 Å². The lowest BCUT2D eigenvalue weighted by molar-refractivity contribution is -0.385. The van der Waals surface area contributed by atoms with Crippen molar-refractivity contribution < 1.29 is 14.4 Å². The number of methoxy groups -OCH3 is 1. The zero-order valence-corrected chi connectivity index (χ0v) is 12.2. The molecule has 0 bridgehead atoms. The molecule has 0 radical (unpaired) electrons. The monoisotopic (exact) mass is 338 g/mol. The highest BCUT2D eigenvalue weighted by molar-refractivity contribution is 9.10. The molecule has 1 aromatic carbocycles. The van der Waals surface area contributed by atoms with Crippen molar-refractivity contribution in [2.45, 2.75) is 6.61 Å². The van der Waals surface area contributed by atoms with E-state index in [2.05, 4.69) is 20.9 Å². The Bertz CT molecular complexity index is 634. The molecule has 1 heterocycles. The van der Waals surface area contributed by atoms with Crippen LogP contribution in [0.5, 0.6) is 11.5 Å². The van der Waals surface area contributed by atoms with E-state index in [1.54, 1.807) is 30.6 Å². The van der Waals surface area contributed by atoms with Gasteiger partial charge < -0.3 is 9.47 Å². The van der Waals surface area contributed by atoms with Crippen LogP contribution in [0.2, 0.25) is 0 Å². The van der Waals surface area contributed by atoms with E-state index in [4.69, 9.17) is 9.47 Å². The molecule has 0 fully saturated rings. The van der Waals surface area contributed by atoms with Gasteiger partial charge in [-0.25, -0.2) is 0 Å². The molecule has 0 spiro atoms. The number of pyridine rings is 1. The van der Waals surface area contributed by atoms with Gasteiger partial charge in [0.05, 0.1) is 18.2 Å². The molecule has 0 saturated heterocycles. The first-order valence-electron chi connectivity index (χ1n) is 5.65. The average molecular weight is 339 g/mol. The maximum Gasteiger partial charge on any atom is 0.311 e. The van der Waals surface area contributed by atoms with Crippen LogP contribution in [-0.2, 0) is 6.61 Å². The topological polar surface area (TPSA) is 74.5 Å². The Morgan fingerprint density at radius 2 is 2.15 bits per heavy atom. The molecule has 0 saturated carbocycles. The van der Waals surface area contributed by atoms with E-state index in [-0.39, 0.29) is 18.0 Å². The Labute approximate surface area is 123 Å². The van der Waals surface area contributed by atoms with Gasteiger partial charge in [0.25, 0.3) is 0 Å². The summed E-state index contributed by atoms with van der Waals surface area (Å²) in [6.45, 7) is 0.211. The zero-order chi connectivity index (χ0) is 14.5. The van der Waals surface area contributed by atoms with Crippen molar-refractivity contribution in [1.29, 1.82) is 0 Å². The molecule has 0 atom stereocenters. The molecular formula is C13H11BrN2O4. The van der Waals surface area contributed by atoms with E-state index in [0.717, 1.165) is 4.47 Å². The van der Waals surface area contributed by atoms with E-state index in [1.165, 1.54) is 13.2 Å². The van der Waals surface area contributed by atoms with Crippen molar-refractivity contribution in [3.8, 4) is 11.5 Å². The summed E-state index contributed by atoms with van der Waals surface area (Å²) < 4.78 is 11.3. The van der Waals surface area contributed by atoms with E-state index in [9.17, 15) is 10.1 Å². The third-order valence-electron chi connectivity index (χ3n) is 2.53. The smallest absolute Gasteiger partial charge is 0.311 e. The Morgan fingerprint density at radius 1 is 1.35 bits per heavy atom. The fourth-order valence-corrected chi connectivity index (χ4v) is 1.95. The number of nitrogens with zero attached hydrogens (tertiary/aromatic N) is 2. The van der Waals surface area contributed by atoms with Crippen LogP contribution in [0.25, 0.3) is 0 Å². The highest BCUT2D eigenvalue weighted by Crippen LogP contribution is 2.28. The quantitative estimate of drug-likeness (QED) is 0.617. The van der Waals surface area contributed by atoms with E-state index >= 15 is 0 Å². The second-order valence-electron chi connectivity index (χ2n) is 3.89. The fraction of sp³-hybridized carbons (Fsp3) is 0.154. The number of aromatic nitrogens is 1. The van der Waals surface area contributed by atoms with Crippen LogP contribution in [-0.4, -0.2) is 17.0 Å². The van der Waals surface area contributed by atoms with Crippen molar-refractivity contribution >= 4 is 21.6 Å². The van der Waals surface area contributed by atoms with Crippen LogP contribution < -0.4 is 9.47 Å². The number of benzene rings is 1. The van der Waals surface area contributed by atoms with Crippen molar-refractivity contribution in [3.63, 3.8) is 0 Å². The Kier molecular flexibility index (Phi) is 4.52. The average Bonchev–Trinajstić information content (AvgIpc) is 2.45. The lowest BCUT2D eigenvalue weighted by atomic mass is 10.2. The molecule has 2 rings (SSSR count). The number of halogens is 1. The number of nitro groups is 1. The second-order valence-corrected chi connectivity index (χ2v) is 4.81. The maximum atomic E-state index is 10.9. The summed E-state index contributed by atoms with van der Waals surface area (Å²) in [7, 11) is 1.39. The summed E-state index contributed by atoms with van der Waals surface area (Å²) in [5, 5.41) is 10.9. The highest BCUT2D eigenvalue weighted by atomic mass is 79.9. The third kappa shape index (κ3) is 3.45. The predicted octanol–water partition coefficient (Wildman–Crippen LogP) is 3.34. The zero-order valence-electron chi connectivity index (χ0n) is 10.6. The summed E-state index contributed by atoms with van der Waals surface area (Å²) in [5.41, 5.74) is 0.596. The van der Waals surface area contributed by atoms with E-state index < -0.39 is 4.92 Å². The van der Waals surface area contributed by atoms with Gasteiger partial charge >= 0.3 is 5.69 Å². The SMILES string of the molecule is COc1ccc(COc2cncc(Br)c2)cc1[N+](=O)[O-]. The third-order valence-corrected chi connectivity index (χ3v) is 2.96. The molecule has 0 unspecified atom stereocenters. The number of nitro benzene ring substituents is 1. The van der Waals surface area contributed by atoms with Gasteiger partial charge in [-0.15, -0.1) is 0 Å². The molecule has 0 aliphatic carbocycles. The summed E-state index contributed by atoms with van der Waals surface area (Å²) in [4.78, 5) is 14.4. The van der Waals surface area contributed by atoms with Crippen LogP contribution in [0.3, 0.4) is 0 Å². The lowest BCUT2D eigenvalue weighted by Gasteiger charge is -2.07. The first-order valence-corrected chi connectivity index (χ1v) is 6.44. The van der Waals surface area contributed by atoms with Gasteiger partial charge in [0.2, 0.25) is 0 Å². The van der Waals surface area contributed by atoms with E-state index in [1.807, 2.05) is 0 Å². The van der Waals surface area contributed by atoms with Crippen LogP contribution >= 0.6 is 15.9 Å². The van der Waals surface area contributed by atoms with Crippen molar-refractivity contribution in [2.24, 2.45) is 0 Å². The Hall–Kier alpha value is -2.15. The van der Waals surface area contributed by atoms with Crippen molar-refractivity contribution in [1.82, 2.24) is 4.98 Å². The summed E-state index contributed by atoms with van der Waals surface area (Å²) in [6, 6.07) is 6.47. The van der Waals surface area contributed by atoms with Crippen molar-refractivity contribution in [3.05, 3.63) is 56.8 Å². The van der Waals surface area contributed by atoms with Gasteiger partial charge in [0.15, 0.2) is 5.75 Å². The van der Waals surface area contributed by atoms with E-state index in [0.29, 0.717) is 11.3 Å². The van der Waals surface area contributed by atoms with Gasteiger partial charge in [0.1, 0.15) is 12.4 Å². The summed E-state index contributed by atoms with van der Waals surface area (Å²) in [6.07, 6.45) is 3.22. The molecule has 2 aromatic rings. The second kappa shape index (κ2) is 6.33. The Balaban J connectivity index is 2.14. The molecule has 20 heavy (non-hydrogen) atoms. The van der Waals surface area contributed by atoms with Gasteiger partial charge in [-0.05, 0) is 33.6 Å². The molecule has 0 aliphatic rings. The molecule has 1 aromatic heterocycles. The van der Waals surface area contributed by atoms with Crippen LogP contribution in [0, 0.1) is 10.1 Å². The number of hydrogen-bond acceptors (Lipinski definition) is 5. The minimum atomic E-state index is -0.483. The van der Waals surface area contributed by atoms with Gasteiger partial charge in [-0.3, -0.25) is 15.1 Å². The molecule has 104 valence electrons. The molecule has 0 N–H and O–H groups in total.